The molecule has 2 fully saturated rings. The fourth-order valence-electron chi connectivity index (χ4n) is 3.45. The smallest absolute Gasteiger partial charge is 0.405 e. The van der Waals surface area contributed by atoms with Crippen LogP contribution in [0.4, 0.5) is 10.5 Å². The molecule has 0 aromatic carbocycles. The van der Waals surface area contributed by atoms with Crippen LogP contribution in [0.25, 0.3) is 0 Å². The van der Waals surface area contributed by atoms with Gasteiger partial charge in [-0.05, 0) is 45.6 Å². The molecule has 25 heavy (non-hydrogen) atoms. The molecule has 1 unspecified atom stereocenters. The van der Waals surface area contributed by atoms with Crippen molar-refractivity contribution in [1.82, 2.24) is 10.3 Å². The van der Waals surface area contributed by atoms with Crippen molar-refractivity contribution in [1.29, 1.82) is 0 Å². The lowest BCUT2D eigenvalue weighted by atomic mass is 10.1. The number of nitrogens with zero attached hydrogens (tertiary/aromatic N) is 2. The molecule has 1 aromatic heterocycles. The van der Waals surface area contributed by atoms with E-state index < -0.39 is 11.7 Å². The monoisotopic (exact) mass is 346 g/mol. The van der Waals surface area contributed by atoms with Gasteiger partial charge >= 0.3 is 6.09 Å². The second-order valence-electron chi connectivity index (χ2n) is 7.48. The largest absolute Gasteiger partial charge is 0.441 e. The SMILES string of the molecule is Cc1cc(N2CCC(C)(OC(N)=O)C2)c(C(=O)N[C@@H](C)C2CC2)cn1. The van der Waals surface area contributed by atoms with Gasteiger partial charge in [-0.15, -0.1) is 0 Å². The number of rotatable bonds is 5. The van der Waals surface area contributed by atoms with Crippen LogP contribution in [0.2, 0.25) is 0 Å². The van der Waals surface area contributed by atoms with Crippen LogP contribution >= 0.6 is 0 Å². The Morgan fingerprint density at radius 2 is 2.20 bits per heavy atom. The molecule has 1 aromatic rings. The number of hydrogen-bond acceptors (Lipinski definition) is 5. The normalized spacial score (nSPS) is 24.0. The predicted molar refractivity (Wildman–Crippen MR) is 94.5 cm³/mol. The Morgan fingerprint density at radius 3 is 2.84 bits per heavy atom. The average Bonchev–Trinajstić information content (AvgIpc) is 3.30. The third-order valence-corrected chi connectivity index (χ3v) is 5.07. The molecule has 1 saturated carbocycles. The predicted octanol–water partition coefficient (Wildman–Crippen LogP) is 1.98. The number of carbonyl (C=O) groups is 2. The minimum Gasteiger partial charge on any atom is -0.441 e. The van der Waals surface area contributed by atoms with Gasteiger partial charge in [0.25, 0.3) is 5.91 Å². The van der Waals surface area contributed by atoms with Gasteiger partial charge in [0.15, 0.2) is 0 Å². The first-order chi connectivity index (χ1) is 11.8. The molecule has 1 saturated heterocycles. The van der Waals surface area contributed by atoms with Crippen LogP contribution in [-0.4, -0.2) is 41.7 Å². The lowest BCUT2D eigenvalue weighted by molar-refractivity contribution is 0.0480. The zero-order valence-corrected chi connectivity index (χ0v) is 15.0. The van der Waals surface area contributed by atoms with Crippen LogP contribution in [0.1, 0.15) is 49.2 Å². The lowest BCUT2D eigenvalue weighted by Crippen LogP contribution is -2.38. The minimum atomic E-state index is -0.772. The maximum atomic E-state index is 12.7. The summed E-state index contributed by atoms with van der Waals surface area (Å²) in [6.45, 7) is 6.99. The molecule has 2 atom stereocenters. The van der Waals surface area contributed by atoms with Gasteiger partial charge in [0.1, 0.15) is 5.60 Å². The minimum absolute atomic E-state index is 0.105. The van der Waals surface area contributed by atoms with Gasteiger partial charge in [0.2, 0.25) is 0 Å². The Morgan fingerprint density at radius 1 is 1.48 bits per heavy atom. The molecule has 7 nitrogen and oxygen atoms in total. The summed E-state index contributed by atoms with van der Waals surface area (Å²) < 4.78 is 5.27. The summed E-state index contributed by atoms with van der Waals surface area (Å²) >= 11 is 0. The number of nitrogens with one attached hydrogen (secondary N) is 1. The van der Waals surface area contributed by atoms with E-state index in [-0.39, 0.29) is 11.9 Å². The highest BCUT2D eigenvalue weighted by Crippen LogP contribution is 2.34. The van der Waals surface area contributed by atoms with Gasteiger partial charge in [0.05, 0.1) is 17.8 Å². The van der Waals surface area contributed by atoms with E-state index in [0.717, 1.165) is 11.4 Å². The van der Waals surface area contributed by atoms with Gasteiger partial charge < -0.3 is 20.7 Å². The molecule has 2 aliphatic rings. The first kappa shape index (κ1) is 17.5. The third kappa shape index (κ3) is 4.03. The number of primary amides is 1. The first-order valence-electron chi connectivity index (χ1n) is 8.78. The molecule has 0 spiro atoms. The highest BCUT2D eigenvalue weighted by Gasteiger charge is 2.38. The van der Waals surface area contributed by atoms with Gasteiger partial charge in [-0.25, -0.2) is 4.79 Å². The van der Waals surface area contributed by atoms with Crippen LogP contribution in [0, 0.1) is 12.8 Å². The Kier molecular flexibility index (Phi) is 4.58. The highest BCUT2D eigenvalue weighted by atomic mass is 16.6. The van der Waals surface area contributed by atoms with Crippen molar-refractivity contribution in [2.24, 2.45) is 11.7 Å². The molecule has 0 radical (unpaired) electrons. The zero-order chi connectivity index (χ0) is 18.2. The standard InChI is InChI=1S/C18H26N4O3/c1-11-8-15(22-7-6-18(3,10-22)25-17(19)24)14(9-20-11)16(23)21-12(2)13-4-5-13/h8-9,12-13H,4-7,10H2,1-3H3,(H2,19,24)(H,21,23)/t12-,18?/m0/s1. The second kappa shape index (κ2) is 6.54. The molecule has 3 rings (SSSR count). The number of aryl methyl sites for hydroxylation is 1. The molecule has 1 aliphatic heterocycles. The Bertz CT molecular complexity index is 689. The van der Waals surface area contributed by atoms with E-state index in [1.54, 1.807) is 6.20 Å². The van der Waals surface area contributed by atoms with Crippen molar-refractivity contribution in [3.05, 3.63) is 23.5 Å². The van der Waals surface area contributed by atoms with E-state index in [1.807, 2.05) is 26.8 Å². The molecule has 2 heterocycles. The fourth-order valence-corrected chi connectivity index (χ4v) is 3.45. The second-order valence-corrected chi connectivity index (χ2v) is 7.48. The number of carbonyl (C=O) groups excluding carboxylic acids is 2. The van der Waals surface area contributed by atoms with Crippen molar-refractivity contribution in [3.8, 4) is 0 Å². The summed E-state index contributed by atoms with van der Waals surface area (Å²) in [6.07, 6.45) is 3.87. The molecular weight excluding hydrogens is 320 g/mol. The van der Waals surface area contributed by atoms with Crippen molar-refractivity contribution in [2.75, 3.05) is 18.0 Å². The molecule has 0 bridgehead atoms. The average molecular weight is 346 g/mol. The van der Waals surface area contributed by atoms with Gasteiger partial charge in [-0.1, -0.05) is 0 Å². The zero-order valence-electron chi connectivity index (χ0n) is 15.0. The number of aromatic nitrogens is 1. The molecule has 7 heteroatoms. The van der Waals surface area contributed by atoms with Crippen LogP contribution < -0.4 is 16.0 Å². The molecule has 3 N–H and O–H groups in total. The summed E-state index contributed by atoms with van der Waals surface area (Å²) in [4.78, 5) is 30.2. The third-order valence-electron chi connectivity index (χ3n) is 5.07. The highest BCUT2D eigenvalue weighted by molar-refractivity contribution is 5.99. The topological polar surface area (TPSA) is 97.5 Å². The summed E-state index contributed by atoms with van der Waals surface area (Å²) in [5, 5.41) is 3.08. The Balaban J connectivity index is 1.80. The summed E-state index contributed by atoms with van der Waals surface area (Å²) in [5.41, 5.74) is 6.76. The van der Waals surface area contributed by atoms with Crippen molar-refractivity contribution >= 4 is 17.7 Å². The van der Waals surface area contributed by atoms with Crippen LogP contribution in [0.5, 0.6) is 0 Å². The van der Waals surface area contributed by atoms with E-state index >= 15 is 0 Å². The van der Waals surface area contributed by atoms with Crippen LogP contribution in [0.15, 0.2) is 12.3 Å². The fraction of sp³-hybridized carbons (Fsp3) is 0.611. The summed E-state index contributed by atoms with van der Waals surface area (Å²) in [6, 6.07) is 2.08. The molecule has 1 aliphatic carbocycles. The van der Waals surface area contributed by atoms with Crippen molar-refractivity contribution in [2.45, 2.75) is 51.7 Å². The number of hydrogen-bond donors (Lipinski definition) is 2. The number of nitrogens with two attached hydrogens (primary N) is 1. The maximum Gasteiger partial charge on any atom is 0.405 e. The van der Waals surface area contributed by atoms with Crippen molar-refractivity contribution in [3.63, 3.8) is 0 Å². The van der Waals surface area contributed by atoms with Crippen LogP contribution in [-0.2, 0) is 4.74 Å². The number of pyridine rings is 1. The van der Waals surface area contributed by atoms with E-state index in [9.17, 15) is 9.59 Å². The summed E-state index contributed by atoms with van der Waals surface area (Å²) in [5.74, 6) is 0.483. The quantitative estimate of drug-likeness (QED) is 0.849. The van der Waals surface area contributed by atoms with Crippen LogP contribution in [0.3, 0.4) is 0 Å². The lowest BCUT2D eigenvalue weighted by Gasteiger charge is -2.26. The number of amides is 2. The Labute approximate surface area is 147 Å². The molecule has 2 amide bonds. The van der Waals surface area contributed by atoms with Gasteiger partial charge in [-0.2, -0.15) is 0 Å². The maximum absolute atomic E-state index is 12.7. The molecule has 136 valence electrons. The summed E-state index contributed by atoms with van der Waals surface area (Å²) in [7, 11) is 0. The van der Waals surface area contributed by atoms with Gasteiger partial charge in [-0.3, -0.25) is 9.78 Å². The molecular formula is C18H26N4O3. The van der Waals surface area contributed by atoms with Gasteiger partial charge in [0, 0.05) is 30.9 Å². The van der Waals surface area contributed by atoms with E-state index in [0.29, 0.717) is 31.0 Å². The van der Waals surface area contributed by atoms with E-state index in [1.165, 1.54) is 12.8 Å². The van der Waals surface area contributed by atoms with E-state index in [2.05, 4.69) is 15.2 Å². The van der Waals surface area contributed by atoms with Crippen molar-refractivity contribution < 1.29 is 14.3 Å². The Hall–Kier alpha value is -2.31. The number of ether oxygens (including phenoxy) is 1. The first-order valence-corrected chi connectivity index (χ1v) is 8.78. The number of anilines is 1. The van der Waals surface area contributed by atoms with E-state index in [4.69, 9.17) is 10.5 Å².